The van der Waals surface area contributed by atoms with E-state index in [2.05, 4.69) is 17.2 Å². The Balaban J connectivity index is 1.87. The van der Waals surface area contributed by atoms with E-state index in [1.54, 1.807) is 0 Å². The molecule has 1 heterocycles. The minimum absolute atomic E-state index is 0.0536. The van der Waals surface area contributed by atoms with Crippen molar-refractivity contribution < 1.29 is 4.79 Å². The van der Waals surface area contributed by atoms with Crippen LogP contribution in [0.1, 0.15) is 43.7 Å². The second kappa shape index (κ2) is 7.88. The summed E-state index contributed by atoms with van der Waals surface area (Å²) < 4.78 is 0. The number of carbonyl (C=O) groups excluding carboxylic acids is 1. The average Bonchev–Trinajstić information content (AvgIpc) is 2.61. The third-order valence-corrected chi connectivity index (χ3v) is 5.35. The Labute approximate surface area is 158 Å². The molecule has 1 aromatic heterocycles. The Morgan fingerprint density at radius 2 is 2.12 bits per heavy atom. The van der Waals surface area contributed by atoms with Gasteiger partial charge in [0.05, 0.1) is 5.52 Å². The second-order valence-electron chi connectivity index (χ2n) is 7.08. The molecule has 1 aliphatic carbocycles. The zero-order chi connectivity index (χ0) is 18.7. The molecule has 2 atom stereocenters. The maximum absolute atomic E-state index is 12.5. The van der Waals surface area contributed by atoms with Crippen molar-refractivity contribution in [3.63, 3.8) is 0 Å². The summed E-state index contributed by atoms with van der Waals surface area (Å²) >= 11 is 6.28. The molecule has 1 aromatic carbocycles. The highest BCUT2D eigenvalue weighted by molar-refractivity contribution is 6.31. The van der Waals surface area contributed by atoms with Crippen LogP contribution in [-0.2, 0) is 4.79 Å². The van der Waals surface area contributed by atoms with E-state index in [4.69, 9.17) is 11.6 Å². The van der Waals surface area contributed by atoms with Crippen LogP contribution in [0.15, 0.2) is 29.8 Å². The highest BCUT2D eigenvalue weighted by Crippen LogP contribution is 2.25. The van der Waals surface area contributed by atoms with Crippen molar-refractivity contribution in [2.75, 3.05) is 0 Å². The minimum Gasteiger partial charge on any atom is -0.348 e. The molecule has 3 rings (SSSR count). The summed E-state index contributed by atoms with van der Waals surface area (Å²) in [6.07, 6.45) is 5.91. The van der Waals surface area contributed by atoms with Gasteiger partial charge in [0.1, 0.15) is 16.8 Å². The number of hydrogen-bond acceptors (Lipinski definition) is 3. The van der Waals surface area contributed by atoms with Crippen molar-refractivity contribution in [2.45, 2.75) is 45.6 Å². The lowest BCUT2D eigenvalue weighted by Crippen LogP contribution is -2.41. The highest BCUT2D eigenvalue weighted by atomic mass is 35.5. The number of hydrogen-bond donors (Lipinski definition) is 1. The smallest absolute Gasteiger partial charge is 0.262 e. The molecule has 1 saturated carbocycles. The van der Waals surface area contributed by atoms with Crippen LogP contribution < -0.4 is 5.32 Å². The highest BCUT2D eigenvalue weighted by Gasteiger charge is 2.24. The van der Waals surface area contributed by atoms with Gasteiger partial charge >= 0.3 is 0 Å². The lowest BCUT2D eigenvalue weighted by molar-refractivity contribution is -0.118. The second-order valence-corrected chi connectivity index (χ2v) is 7.43. The van der Waals surface area contributed by atoms with Crippen LogP contribution >= 0.6 is 11.6 Å². The monoisotopic (exact) mass is 367 g/mol. The fourth-order valence-electron chi connectivity index (χ4n) is 3.45. The van der Waals surface area contributed by atoms with E-state index in [1.165, 1.54) is 12.5 Å². The standard InChI is InChI=1S/C21H22ClN3O/c1-13-7-8-15-10-16(20(22)24-19(15)9-13)11-17(12-23)21(26)25-18-6-4-3-5-14(18)2/h7-11,14,18H,3-6H2,1-2H3,(H,25,26)/b17-11+/t14-,18-/m0/s1. The van der Waals surface area contributed by atoms with Crippen molar-refractivity contribution in [3.8, 4) is 6.07 Å². The van der Waals surface area contributed by atoms with E-state index in [-0.39, 0.29) is 22.7 Å². The number of carbonyl (C=O) groups is 1. The first-order valence-corrected chi connectivity index (χ1v) is 9.35. The summed E-state index contributed by atoms with van der Waals surface area (Å²) in [5.41, 5.74) is 2.53. The molecular weight excluding hydrogens is 346 g/mol. The quantitative estimate of drug-likeness (QED) is 0.481. The first-order valence-electron chi connectivity index (χ1n) is 8.97. The number of benzene rings is 1. The number of amides is 1. The van der Waals surface area contributed by atoms with Gasteiger partial charge in [0, 0.05) is 17.0 Å². The Hall–Kier alpha value is -2.38. The van der Waals surface area contributed by atoms with Gasteiger partial charge in [-0.2, -0.15) is 5.26 Å². The Kier molecular flexibility index (Phi) is 5.58. The molecule has 1 amide bonds. The van der Waals surface area contributed by atoms with Gasteiger partial charge in [0.15, 0.2) is 0 Å². The maximum Gasteiger partial charge on any atom is 0.262 e. The van der Waals surface area contributed by atoms with Gasteiger partial charge in [-0.1, -0.05) is 43.5 Å². The molecule has 0 saturated heterocycles. The fourth-order valence-corrected chi connectivity index (χ4v) is 3.65. The summed E-state index contributed by atoms with van der Waals surface area (Å²) in [6.45, 7) is 4.14. The molecule has 0 radical (unpaired) electrons. The number of nitrogens with zero attached hydrogens (tertiary/aromatic N) is 2. The molecule has 26 heavy (non-hydrogen) atoms. The third-order valence-electron chi connectivity index (χ3n) is 5.05. The predicted molar refractivity (Wildman–Crippen MR) is 105 cm³/mol. The molecule has 4 nitrogen and oxygen atoms in total. The Morgan fingerprint density at radius 3 is 2.85 bits per heavy atom. The number of halogens is 1. The van der Waals surface area contributed by atoms with Crippen LogP contribution in [0.2, 0.25) is 5.15 Å². The van der Waals surface area contributed by atoms with Gasteiger partial charge in [-0.25, -0.2) is 4.98 Å². The van der Waals surface area contributed by atoms with Crippen molar-refractivity contribution in [2.24, 2.45) is 5.92 Å². The summed E-state index contributed by atoms with van der Waals surface area (Å²) in [6, 6.07) is 9.90. The van der Waals surface area contributed by atoms with Crippen LogP contribution in [0.5, 0.6) is 0 Å². The van der Waals surface area contributed by atoms with Gasteiger partial charge in [0.25, 0.3) is 5.91 Å². The number of pyridine rings is 1. The minimum atomic E-state index is -0.341. The number of nitrogens with one attached hydrogen (secondary N) is 1. The molecule has 134 valence electrons. The average molecular weight is 368 g/mol. The van der Waals surface area contributed by atoms with Crippen LogP contribution in [0.3, 0.4) is 0 Å². The van der Waals surface area contributed by atoms with E-state index in [0.29, 0.717) is 11.5 Å². The number of aromatic nitrogens is 1. The summed E-state index contributed by atoms with van der Waals surface area (Å²) in [5, 5.41) is 13.7. The van der Waals surface area contributed by atoms with E-state index < -0.39 is 0 Å². The lowest BCUT2D eigenvalue weighted by atomic mass is 9.86. The number of nitriles is 1. The number of fused-ring (bicyclic) bond motifs is 1. The molecular formula is C21H22ClN3O. The first kappa shape index (κ1) is 18.4. The van der Waals surface area contributed by atoms with Gasteiger partial charge in [-0.15, -0.1) is 0 Å². The molecule has 0 aliphatic heterocycles. The first-order chi connectivity index (χ1) is 12.5. The van der Waals surface area contributed by atoms with Crippen LogP contribution in [-0.4, -0.2) is 16.9 Å². The van der Waals surface area contributed by atoms with Gasteiger partial charge in [-0.05, 0) is 49.5 Å². The van der Waals surface area contributed by atoms with Crippen molar-refractivity contribution in [1.29, 1.82) is 5.26 Å². The predicted octanol–water partition coefficient (Wildman–Crippen LogP) is 4.80. The molecule has 0 spiro atoms. The van der Waals surface area contributed by atoms with Crippen LogP contribution in [0.25, 0.3) is 17.0 Å². The normalized spacial score (nSPS) is 20.6. The Morgan fingerprint density at radius 1 is 1.35 bits per heavy atom. The molecule has 1 N–H and O–H groups in total. The summed E-state index contributed by atoms with van der Waals surface area (Å²) in [5.74, 6) is 0.0909. The van der Waals surface area contributed by atoms with Gasteiger partial charge in [-0.3, -0.25) is 4.79 Å². The number of aryl methyl sites for hydroxylation is 1. The molecule has 0 bridgehead atoms. The Bertz CT molecular complexity index is 913. The van der Waals surface area contributed by atoms with E-state index in [1.807, 2.05) is 37.3 Å². The molecule has 2 aromatic rings. The van der Waals surface area contributed by atoms with E-state index in [0.717, 1.165) is 35.7 Å². The molecule has 0 unspecified atom stereocenters. The lowest BCUT2D eigenvalue weighted by Gasteiger charge is -2.29. The topological polar surface area (TPSA) is 65.8 Å². The third kappa shape index (κ3) is 4.05. The SMILES string of the molecule is Cc1ccc2cc(/C=C(\C#N)C(=O)N[C@H]3CCCC[C@@H]3C)c(Cl)nc2c1. The van der Waals surface area contributed by atoms with E-state index in [9.17, 15) is 10.1 Å². The van der Waals surface area contributed by atoms with E-state index >= 15 is 0 Å². The largest absolute Gasteiger partial charge is 0.348 e. The fraction of sp³-hybridized carbons (Fsp3) is 0.381. The molecule has 5 heteroatoms. The zero-order valence-electron chi connectivity index (χ0n) is 15.1. The summed E-state index contributed by atoms with van der Waals surface area (Å²) in [7, 11) is 0. The van der Waals surface area contributed by atoms with Crippen molar-refractivity contribution in [1.82, 2.24) is 10.3 Å². The van der Waals surface area contributed by atoms with Crippen molar-refractivity contribution in [3.05, 3.63) is 46.1 Å². The van der Waals surface area contributed by atoms with Gasteiger partial charge < -0.3 is 5.32 Å². The molecule has 1 aliphatic rings. The zero-order valence-corrected chi connectivity index (χ0v) is 15.8. The van der Waals surface area contributed by atoms with Gasteiger partial charge in [0.2, 0.25) is 0 Å². The maximum atomic E-state index is 12.5. The molecule has 1 fully saturated rings. The van der Waals surface area contributed by atoms with Crippen molar-refractivity contribution >= 4 is 34.5 Å². The van der Waals surface area contributed by atoms with Crippen LogP contribution in [0, 0.1) is 24.2 Å². The summed E-state index contributed by atoms with van der Waals surface area (Å²) in [4.78, 5) is 16.9. The number of rotatable bonds is 3. The van der Waals surface area contributed by atoms with Crippen LogP contribution in [0.4, 0.5) is 0 Å².